The molecule has 0 bridgehead atoms. The van der Waals surface area contributed by atoms with Gasteiger partial charge in [0.15, 0.2) is 0 Å². The normalized spacial score (nSPS) is 20.4. The SMILES string of the molecule is Cl.O=C(NCCN1CCCOC1=O)C1CCNCC1. The van der Waals surface area contributed by atoms with Crippen LogP contribution in [0.25, 0.3) is 0 Å². The Labute approximate surface area is 119 Å². The molecule has 6 nitrogen and oxygen atoms in total. The number of nitrogens with one attached hydrogen (secondary N) is 2. The van der Waals surface area contributed by atoms with Gasteiger partial charge in [0, 0.05) is 25.6 Å². The third-order valence-electron chi connectivity index (χ3n) is 3.45. The molecule has 2 N–H and O–H groups in total. The molecule has 2 aliphatic rings. The van der Waals surface area contributed by atoms with Gasteiger partial charge in [0.1, 0.15) is 0 Å². The highest BCUT2D eigenvalue weighted by atomic mass is 35.5. The Balaban J connectivity index is 0.00000180. The third-order valence-corrected chi connectivity index (χ3v) is 3.45. The molecule has 2 heterocycles. The molecule has 2 fully saturated rings. The Morgan fingerprint density at radius 2 is 2.16 bits per heavy atom. The zero-order valence-corrected chi connectivity index (χ0v) is 11.8. The highest BCUT2D eigenvalue weighted by Gasteiger charge is 2.22. The minimum atomic E-state index is -0.266. The van der Waals surface area contributed by atoms with Gasteiger partial charge in [0.05, 0.1) is 6.61 Å². The maximum absolute atomic E-state index is 11.8. The van der Waals surface area contributed by atoms with E-state index in [4.69, 9.17) is 4.74 Å². The van der Waals surface area contributed by atoms with Gasteiger partial charge in [-0.3, -0.25) is 4.79 Å². The molecule has 0 spiro atoms. The molecule has 110 valence electrons. The second-order valence-corrected chi connectivity index (χ2v) is 4.77. The second kappa shape index (κ2) is 8.22. The van der Waals surface area contributed by atoms with Gasteiger partial charge in [-0.2, -0.15) is 0 Å². The highest BCUT2D eigenvalue weighted by Crippen LogP contribution is 2.11. The molecule has 0 saturated carbocycles. The lowest BCUT2D eigenvalue weighted by molar-refractivity contribution is -0.125. The van der Waals surface area contributed by atoms with Crippen LogP contribution in [0.15, 0.2) is 0 Å². The Morgan fingerprint density at radius 3 is 2.84 bits per heavy atom. The molecule has 2 saturated heterocycles. The fourth-order valence-electron chi connectivity index (χ4n) is 2.34. The molecular weight excluding hydrogens is 270 g/mol. The summed E-state index contributed by atoms with van der Waals surface area (Å²) in [5.41, 5.74) is 0. The van der Waals surface area contributed by atoms with Crippen LogP contribution < -0.4 is 10.6 Å². The molecule has 0 aromatic rings. The number of halogens is 1. The lowest BCUT2D eigenvalue weighted by atomic mass is 9.97. The van der Waals surface area contributed by atoms with E-state index in [-0.39, 0.29) is 30.3 Å². The monoisotopic (exact) mass is 291 g/mol. The fourth-order valence-corrected chi connectivity index (χ4v) is 2.34. The summed E-state index contributed by atoms with van der Waals surface area (Å²) in [5.74, 6) is 0.237. The first kappa shape index (κ1) is 16.0. The van der Waals surface area contributed by atoms with Gasteiger partial charge in [-0.05, 0) is 32.4 Å². The zero-order chi connectivity index (χ0) is 12.8. The molecule has 19 heavy (non-hydrogen) atoms. The van der Waals surface area contributed by atoms with E-state index in [1.807, 2.05) is 0 Å². The van der Waals surface area contributed by atoms with Crippen molar-refractivity contribution < 1.29 is 14.3 Å². The Hall–Kier alpha value is -1.01. The van der Waals surface area contributed by atoms with Crippen LogP contribution in [0.2, 0.25) is 0 Å². The molecule has 0 aliphatic carbocycles. The van der Waals surface area contributed by atoms with Gasteiger partial charge in [-0.25, -0.2) is 4.79 Å². The number of piperidine rings is 1. The van der Waals surface area contributed by atoms with Gasteiger partial charge < -0.3 is 20.3 Å². The number of cyclic esters (lactones) is 1. The summed E-state index contributed by atoms with van der Waals surface area (Å²) < 4.78 is 4.93. The summed E-state index contributed by atoms with van der Waals surface area (Å²) in [4.78, 5) is 24.8. The first-order valence-corrected chi connectivity index (χ1v) is 6.67. The number of amides is 2. The first-order valence-electron chi connectivity index (χ1n) is 6.67. The van der Waals surface area contributed by atoms with Crippen molar-refractivity contribution in [1.29, 1.82) is 0 Å². The van der Waals surface area contributed by atoms with Crippen molar-refractivity contribution in [3.05, 3.63) is 0 Å². The summed E-state index contributed by atoms with van der Waals surface area (Å²) in [6.45, 7) is 4.11. The van der Waals surface area contributed by atoms with Crippen LogP contribution in [0.3, 0.4) is 0 Å². The molecule has 0 aromatic heterocycles. The molecular formula is C12H22ClN3O3. The van der Waals surface area contributed by atoms with Crippen molar-refractivity contribution in [3.8, 4) is 0 Å². The van der Waals surface area contributed by atoms with Gasteiger partial charge in [0.25, 0.3) is 0 Å². The van der Waals surface area contributed by atoms with Crippen LogP contribution in [-0.4, -0.2) is 56.2 Å². The van der Waals surface area contributed by atoms with Crippen LogP contribution in [-0.2, 0) is 9.53 Å². The Kier molecular flexibility index (Phi) is 6.94. The summed E-state index contributed by atoms with van der Waals surface area (Å²) in [6, 6.07) is 0. The number of ether oxygens (including phenoxy) is 1. The maximum atomic E-state index is 11.8. The quantitative estimate of drug-likeness (QED) is 0.785. The van der Waals surface area contributed by atoms with Gasteiger partial charge in [-0.1, -0.05) is 0 Å². The predicted octanol–water partition coefficient (Wildman–Crippen LogP) is 0.366. The second-order valence-electron chi connectivity index (χ2n) is 4.77. The number of hydrogen-bond donors (Lipinski definition) is 2. The molecule has 0 unspecified atom stereocenters. The topological polar surface area (TPSA) is 70.7 Å². The minimum Gasteiger partial charge on any atom is -0.449 e. The predicted molar refractivity (Wildman–Crippen MR) is 73.4 cm³/mol. The van der Waals surface area contributed by atoms with Crippen molar-refractivity contribution in [1.82, 2.24) is 15.5 Å². The number of carbonyl (C=O) groups excluding carboxylic acids is 2. The maximum Gasteiger partial charge on any atom is 0.409 e. The molecule has 2 amide bonds. The summed E-state index contributed by atoms with van der Waals surface area (Å²) in [7, 11) is 0. The molecule has 0 atom stereocenters. The van der Waals surface area contributed by atoms with Crippen molar-refractivity contribution in [2.75, 3.05) is 39.3 Å². The summed E-state index contributed by atoms with van der Waals surface area (Å²) in [5, 5.41) is 6.14. The van der Waals surface area contributed by atoms with E-state index in [0.29, 0.717) is 19.7 Å². The van der Waals surface area contributed by atoms with E-state index < -0.39 is 0 Å². The standard InChI is InChI=1S/C12H21N3O3.ClH/c16-11(10-2-4-13-5-3-10)14-6-8-15-7-1-9-18-12(15)17;/h10,13H,1-9H2,(H,14,16);1H. The van der Waals surface area contributed by atoms with Gasteiger partial charge in [0.2, 0.25) is 5.91 Å². The van der Waals surface area contributed by atoms with E-state index in [0.717, 1.165) is 38.9 Å². The average molecular weight is 292 g/mol. The average Bonchev–Trinajstić information content (AvgIpc) is 2.42. The van der Waals surface area contributed by atoms with E-state index in [1.54, 1.807) is 4.90 Å². The number of carbonyl (C=O) groups is 2. The Bertz CT molecular complexity index is 309. The Morgan fingerprint density at radius 1 is 1.42 bits per heavy atom. The first-order chi connectivity index (χ1) is 8.77. The van der Waals surface area contributed by atoms with Gasteiger partial charge in [-0.15, -0.1) is 12.4 Å². The fraction of sp³-hybridized carbons (Fsp3) is 0.833. The summed E-state index contributed by atoms with van der Waals surface area (Å²) >= 11 is 0. The molecule has 2 aliphatic heterocycles. The van der Waals surface area contributed by atoms with E-state index >= 15 is 0 Å². The zero-order valence-electron chi connectivity index (χ0n) is 11.0. The van der Waals surface area contributed by atoms with Crippen LogP contribution in [0.4, 0.5) is 4.79 Å². The van der Waals surface area contributed by atoms with E-state index in [2.05, 4.69) is 10.6 Å². The number of rotatable bonds is 4. The molecule has 7 heteroatoms. The van der Waals surface area contributed by atoms with Gasteiger partial charge >= 0.3 is 6.09 Å². The smallest absolute Gasteiger partial charge is 0.409 e. The molecule has 0 aromatic carbocycles. The van der Waals surface area contributed by atoms with E-state index in [1.165, 1.54) is 0 Å². The van der Waals surface area contributed by atoms with Crippen molar-refractivity contribution in [2.24, 2.45) is 5.92 Å². The van der Waals surface area contributed by atoms with Crippen LogP contribution >= 0.6 is 12.4 Å². The lowest BCUT2D eigenvalue weighted by Gasteiger charge is -2.27. The van der Waals surface area contributed by atoms with E-state index in [9.17, 15) is 9.59 Å². The minimum absolute atomic E-state index is 0. The molecule has 2 rings (SSSR count). The molecule has 0 radical (unpaired) electrons. The summed E-state index contributed by atoms with van der Waals surface area (Å²) in [6.07, 6.45) is 2.40. The van der Waals surface area contributed by atoms with Crippen molar-refractivity contribution in [3.63, 3.8) is 0 Å². The highest BCUT2D eigenvalue weighted by molar-refractivity contribution is 5.85. The number of hydrogen-bond acceptors (Lipinski definition) is 4. The van der Waals surface area contributed by atoms with Crippen LogP contribution in [0, 0.1) is 5.92 Å². The largest absolute Gasteiger partial charge is 0.449 e. The third kappa shape index (κ3) is 4.87. The number of nitrogens with zero attached hydrogens (tertiary/aromatic N) is 1. The van der Waals surface area contributed by atoms with Crippen LogP contribution in [0.5, 0.6) is 0 Å². The van der Waals surface area contributed by atoms with Crippen molar-refractivity contribution in [2.45, 2.75) is 19.3 Å². The van der Waals surface area contributed by atoms with Crippen molar-refractivity contribution >= 4 is 24.4 Å². The van der Waals surface area contributed by atoms with Crippen LogP contribution in [0.1, 0.15) is 19.3 Å². The lowest BCUT2D eigenvalue weighted by Crippen LogP contribution is -2.44.